The molecule has 1 aliphatic heterocycles. The van der Waals surface area contributed by atoms with Crippen molar-refractivity contribution < 1.29 is 58.8 Å². The van der Waals surface area contributed by atoms with Crippen LogP contribution in [0.3, 0.4) is 0 Å². The Morgan fingerprint density at radius 3 is 2.24 bits per heavy atom. The smallest absolute Gasteiger partial charge is 0.335 e. The molecular weight excluding hydrogens is 398 g/mol. The molecule has 1 fully saturated rings. The fraction of sp³-hybridized carbons (Fsp3) is 0.875. The minimum atomic E-state index is -1.70. The summed E-state index contributed by atoms with van der Waals surface area (Å²) in [6, 6.07) is -1.08. The van der Waals surface area contributed by atoms with Gasteiger partial charge in [0, 0.05) is 21.1 Å². The van der Waals surface area contributed by atoms with Gasteiger partial charge in [0.25, 0.3) is 0 Å². The summed E-state index contributed by atoms with van der Waals surface area (Å²) < 4.78 is 26.1. The molecular formula is C16H29NO12. The van der Waals surface area contributed by atoms with Gasteiger partial charge in [-0.1, -0.05) is 0 Å². The van der Waals surface area contributed by atoms with E-state index in [9.17, 15) is 35.1 Å². The second kappa shape index (κ2) is 12.3. The number of carboxylic acid groups (broad SMARTS) is 1. The van der Waals surface area contributed by atoms with Crippen molar-refractivity contribution in [2.45, 2.75) is 56.1 Å². The predicted octanol–water partition coefficient (Wildman–Crippen LogP) is -3.60. The number of carboxylic acids is 1. The molecule has 0 spiro atoms. The Hall–Kier alpha value is -1.42. The summed E-state index contributed by atoms with van der Waals surface area (Å²) in [7, 11) is 2.44. The summed E-state index contributed by atoms with van der Waals surface area (Å²) in [5.74, 6) is -1.99. The molecule has 0 bridgehead atoms. The molecule has 1 rings (SSSR count). The van der Waals surface area contributed by atoms with Gasteiger partial charge in [0.05, 0.1) is 19.8 Å². The average Bonchev–Trinajstić information content (AvgIpc) is 2.69. The van der Waals surface area contributed by atoms with Crippen molar-refractivity contribution in [2.75, 3.05) is 34.0 Å². The van der Waals surface area contributed by atoms with Crippen molar-refractivity contribution in [3.05, 3.63) is 0 Å². The molecule has 8 atom stereocenters. The van der Waals surface area contributed by atoms with Gasteiger partial charge in [-0.2, -0.15) is 0 Å². The highest BCUT2D eigenvalue weighted by Crippen LogP contribution is 2.26. The van der Waals surface area contributed by atoms with E-state index in [-0.39, 0.29) is 0 Å². The topological polar surface area (TPSA) is 193 Å². The fourth-order valence-corrected chi connectivity index (χ4v) is 2.88. The largest absolute Gasteiger partial charge is 0.479 e. The minimum Gasteiger partial charge on any atom is -0.479 e. The van der Waals surface area contributed by atoms with E-state index in [2.05, 4.69) is 5.32 Å². The number of aliphatic carboxylic acids is 1. The molecule has 1 aliphatic rings. The SMILES string of the molecule is CO[C@@H]1OC(CO)C(O)[C@@H](O[C@@H](CO)OC(C(=O)O)[C@H](CO)OC)C1NC(C)=O. The van der Waals surface area contributed by atoms with E-state index in [1.807, 2.05) is 0 Å². The van der Waals surface area contributed by atoms with Crippen molar-refractivity contribution >= 4 is 11.9 Å². The number of ether oxygens (including phenoxy) is 5. The van der Waals surface area contributed by atoms with Gasteiger partial charge < -0.3 is 54.5 Å². The molecule has 29 heavy (non-hydrogen) atoms. The maximum atomic E-state index is 11.6. The zero-order valence-electron chi connectivity index (χ0n) is 16.3. The first-order chi connectivity index (χ1) is 13.7. The van der Waals surface area contributed by atoms with Gasteiger partial charge in [-0.15, -0.1) is 0 Å². The number of carbonyl (C=O) groups excluding carboxylic acids is 1. The molecule has 13 nitrogen and oxygen atoms in total. The van der Waals surface area contributed by atoms with Crippen LogP contribution >= 0.6 is 0 Å². The molecule has 0 saturated carbocycles. The fourth-order valence-electron chi connectivity index (χ4n) is 2.88. The maximum absolute atomic E-state index is 11.6. The third-order valence-corrected chi connectivity index (χ3v) is 4.28. The van der Waals surface area contributed by atoms with Crippen molar-refractivity contribution in [3.8, 4) is 0 Å². The first-order valence-corrected chi connectivity index (χ1v) is 8.76. The Kier molecular flexibility index (Phi) is 10.9. The molecule has 0 radical (unpaired) electrons. The molecule has 13 heteroatoms. The zero-order chi connectivity index (χ0) is 22.1. The molecule has 1 heterocycles. The van der Waals surface area contributed by atoms with E-state index in [1.54, 1.807) is 0 Å². The third kappa shape index (κ3) is 6.80. The standard InChI is InChI=1S/C16H29NO12/c1-7(21)17-11-14(12(22)8(4-18)27-16(11)26-3)29-10(6-20)28-13(15(23)24)9(5-19)25-2/h8-14,16,18-20,22H,4-6H2,1-3H3,(H,17,21)(H,23,24)/t8?,9-,10-,11?,12?,13?,14-,16+/m0/s1. The quantitative estimate of drug-likeness (QED) is 0.168. The summed E-state index contributed by atoms with van der Waals surface area (Å²) in [5, 5.41) is 50.5. The minimum absolute atomic E-state index is 0.506. The van der Waals surface area contributed by atoms with E-state index >= 15 is 0 Å². The molecule has 0 aromatic carbocycles. The van der Waals surface area contributed by atoms with E-state index in [4.69, 9.17) is 23.7 Å². The Labute approximate surface area is 167 Å². The lowest BCUT2D eigenvalue weighted by Gasteiger charge is -2.44. The number of aliphatic hydroxyl groups is 4. The molecule has 0 aliphatic carbocycles. The number of nitrogens with one attached hydrogen (secondary N) is 1. The Morgan fingerprint density at radius 2 is 1.83 bits per heavy atom. The number of aliphatic hydroxyl groups excluding tert-OH is 4. The lowest BCUT2D eigenvalue weighted by atomic mass is 9.96. The van der Waals surface area contributed by atoms with Gasteiger partial charge in [0.15, 0.2) is 18.7 Å². The van der Waals surface area contributed by atoms with E-state index in [0.29, 0.717) is 0 Å². The number of rotatable bonds is 12. The highest BCUT2D eigenvalue weighted by Gasteiger charge is 2.48. The second-order valence-corrected chi connectivity index (χ2v) is 6.24. The lowest BCUT2D eigenvalue weighted by Crippen LogP contribution is -2.66. The van der Waals surface area contributed by atoms with E-state index in [0.717, 1.165) is 0 Å². The molecule has 0 aromatic heterocycles. The monoisotopic (exact) mass is 427 g/mol. The number of amides is 1. The number of methoxy groups -OCH3 is 2. The van der Waals surface area contributed by atoms with Crippen LogP contribution in [0.15, 0.2) is 0 Å². The van der Waals surface area contributed by atoms with Crippen molar-refractivity contribution in [1.29, 1.82) is 0 Å². The van der Waals surface area contributed by atoms with Crippen LogP contribution in [0.5, 0.6) is 0 Å². The summed E-state index contributed by atoms with van der Waals surface area (Å²) in [6.45, 7) is -0.909. The molecule has 4 unspecified atom stereocenters. The predicted molar refractivity (Wildman–Crippen MR) is 92.5 cm³/mol. The zero-order valence-corrected chi connectivity index (χ0v) is 16.3. The Bertz CT molecular complexity index is 516. The van der Waals surface area contributed by atoms with Crippen LogP contribution in [0.1, 0.15) is 6.92 Å². The van der Waals surface area contributed by atoms with E-state index in [1.165, 1.54) is 21.1 Å². The summed E-state index contributed by atoms with van der Waals surface area (Å²) in [6.07, 6.45) is -9.61. The van der Waals surface area contributed by atoms with Crippen LogP contribution in [0.25, 0.3) is 0 Å². The van der Waals surface area contributed by atoms with Crippen LogP contribution in [-0.4, -0.2) is 121 Å². The number of hydrogen-bond acceptors (Lipinski definition) is 11. The molecule has 170 valence electrons. The normalized spacial score (nSPS) is 30.4. The van der Waals surface area contributed by atoms with Gasteiger partial charge >= 0.3 is 5.97 Å². The Balaban J connectivity index is 3.08. The van der Waals surface area contributed by atoms with Crippen LogP contribution < -0.4 is 5.32 Å². The first-order valence-electron chi connectivity index (χ1n) is 8.76. The summed E-state index contributed by atoms with van der Waals surface area (Å²) in [4.78, 5) is 23.0. The van der Waals surface area contributed by atoms with Crippen LogP contribution in [0.2, 0.25) is 0 Å². The molecule has 1 amide bonds. The molecule has 6 N–H and O–H groups in total. The van der Waals surface area contributed by atoms with Gasteiger partial charge in [-0.25, -0.2) is 4.79 Å². The average molecular weight is 427 g/mol. The van der Waals surface area contributed by atoms with Crippen LogP contribution in [0.4, 0.5) is 0 Å². The maximum Gasteiger partial charge on any atom is 0.335 e. The molecule has 1 saturated heterocycles. The molecule has 0 aromatic rings. The van der Waals surface area contributed by atoms with Gasteiger partial charge in [0.2, 0.25) is 5.91 Å². The van der Waals surface area contributed by atoms with Crippen LogP contribution in [0, 0.1) is 0 Å². The van der Waals surface area contributed by atoms with Crippen molar-refractivity contribution in [2.24, 2.45) is 0 Å². The lowest BCUT2D eigenvalue weighted by molar-refractivity contribution is -0.306. The van der Waals surface area contributed by atoms with Crippen molar-refractivity contribution in [1.82, 2.24) is 5.32 Å². The number of hydrogen-bond donors (Lipinski definition) is 6. The number of carbonyl (C=O) groups is 2. The highest BCUT2D eigenvalue weighted by atomic mass is 16.7. The summed E-state index contributed by atoms with van der Waals surface area (Å²) in [5.41, 5.74) is 0. The van der Waals surface area contributed by atoms with Crippen molar-refractivity contribution in [3.63, 3.8) is 0 Å². The Morgan fingerprint density at radius 1 is 1.17 bits per heavy atom. The summed E-state index contributed by atoms with van der Waals surface area (Å²) >= 11 is 0. The first kappa shape index (κ1) is 25.6. The van der Waals surface area contributed by atoms with E-state index < -0.39 is 80.8 Å². The van der Waals surface area contributed by atoms with Gasteiger partial charge in [0.1, 0.15) is 30.5 Å². The second-order valence-electron chi connectivity index (χ2n) is 6.24. The third-order valence-electron chi connectivity index (χ3n) is 4.28. The van der Waals surface area contributed by atoms with Gasteiger partial charge in [-0.05, 0) is 0 Å². The van der Waals surface area contributed by atoms with Crippen LogP contribution in [-0.2, 0) is 33.3 Å². The van der Waals surface area contributed by atoms with Gasteiger partial charge in [-0.3, -0.25) is 4.79 Å². The highest BCUT2D eigenvalue weighted by molar-refractivity contribution is 5.73.